The summed E-state index contributed by atoms with van der Waals surface area (Å²) in [7, 11) is -3.52. The number of hydrogen-bond donors (Lipinski definition) is 3. The number of aromatic nitrogens is 2. The van der Waals surface area contributed by atoms with Crippen LogP contribution in [0.2, 0.25) is 0 Å². The van der Waals surface area contributed by atoms with Crippen LogP contribution in [0, 0.1) is 0 Å². The molecule has 0 saturated heterocycles. The van der Waals surface area contributed by atoms with E-state index in [2.05, 4.69) is 14.9 Å². The van der Waals surface area contributed by atoms with E-state index in [4.69, 9.17) is 5.11 Å². The van der Waals surface area contributed by atoms with Gasteiger partial charge in [0.25, 0.3) is 0 Å². The fourth-order valence-electron chi connectivity index (χ4n) is 0.700. The Morgan fingerprint density at radius 3 is 2.92 bits per heavy atom. The van der Waals surface area contributed by atoms with Crippen molar-refractivity contribution >= 4 is 10.0 Å². The highest BCUT2D eigenvalue weighted by Gasteiger charge is 2.14. The van der Waals surface area contributed by atoms with Crippen LogP contribution in [0.4, 0.5) is 0 Å². The Bertz CT molecular complexity index is 343. The summed E-state index contributed by atoms with van der Waals surface area (Å²) in [5, 5.41) is 14.8. The summed E-state index contributed by atoms with van der Waals surface area (Å²) in [6.45, 7) is 1.49. The molecular formula is C6H11N3O3S. The van der Waals surface area contributed by atoms with E-state index in [-0.39, 0.29) is 11.4 Å². The maximum Gasteiger partial charge on any atom is 0.243 e. The average molecular weight is 205 g/mol. The monoisotopic (exact) mass is 205 g/mol. The summed E-state index contributed by atoms with van der Waals surface area (Å²) < 4.78 is 24.9. The van der Waals surface area contributed by atoms with Crippen LogP contribution in [0.25, 0.3) is 0 Å². The van der Waals surface area contributed by atoms with Crippen LogP contribution in [-0.2, 0) is 10.0 Å². The van der Waals surface area contributed by atoms with Gasteiger partial charge in [0.1, 0.15) is 4.90 Å². The molecule has 3 N–H and O–H groups in total. The first-order chi connectivity index (χ1) is 6.02. The van der Waals surface area contributed by atoms with Crippen LogP contribution in [0.1, 0.15) is 6.92 Å². The standard InChI is InChI=1S/C6H11N3O3S/c1-5(10)2-9-13(11,12)6-3-7-8-4-6/h3-5,9-10H,2H2,1H3,(H,7,8)/t5-/m0/s1. The molecule has 1 atom stereocenters. The van der Waals surface area contributed by atoms with Crippen molar-refractivity contribution in [2.45, 2.75) is 17.9 Å². The highest BCUT2D eigenvalue weighted by molar-refractivity contribution is 7.89. The SMILES string of the molecule is C[C@H](O)CNS(=O)(=O)c1cn[nH]c1. The number of nitrogens with zero attached hydrogens (tertiary/aromatic N) is 1. The number of nitrogens with one attached hydrogen (secondary N) is 2. The molecule has 0 spiro atoms. The van der Waals surface area contributed by atoms with E-state index in [1.54, 1.807) is 0 Å². The zero-order chi connectivity index (χ0) is 9.90. The highest BCUT2D eigenvalue weighted by atomic mass is 32.2. The van der Waals surface area contributed by atoms with Crippen molar-refractivity contribution < 1.29 is 13.5 Å². The van der Waals surface area contributed by atoms with Gasteiger partial charge in [0.15, 0.2) is 0 Å². The molecule has 0 aromatic carbocycles. The fourth-order valence-corrected chi connectivity index (χ4v) is 1.73. The number of H-pyrrole nitrogens is 1. The van der Waals surface area contributed by atoms with Crippen molar-refractivity contribution in [3.8, 4) is 0 Å². The van der Waals surface area contributed by atoms with Gasteiger partial charge in [0.05, 0.1) is 12.3 Å². The largest absolute Gasteiger partial charge is 0.392 e. The third kappa shape index (κ3) is 2.79. The van der Waals surface area contributed by atoms with Crippen LogP contribution < -0.4 is 4.72 Å². The van der Waals surface area contributed by atoms with Gasteiger partial charge in [-0.15, -0.1) is 0 Å². The zero-order valence-corrected chi connectivity index (χ0v) is 7.87. The minimum atomic E-state index is -3.52. The van der Waals surface area contributed by atoms with Gasteiger partial charge in [-0.1, -0.05) is 0 Å². The van der Waals surface area contributed by atoms with Gasteiger partial charge in [-0.05, 0) is 6.92 Å². The molecule has 6 nitrogen and oxygen atoms in total. The Balaban J connectivity index is 2.68. The summed E-state index contributed by atoms with van der Waals surface area (Å²) in [4.78, 5) is 0.0631. The van der Waals surface area contributed by atoms with Gasteiger partial charge in [-0.3, -0.25) is 5.10 Å². The molecule has 1 rings (SSSR count). The maximum absolute atomic E-state index is 11.3. The van der Waals surface area contributed by atoms with Gasteiger partial charge in [-0.2, -0.15) is 5.10 Å². The molecule has 0 saturated carbocycles. The molecule has 0 unspecified atom stereocenters. The van der Waals surface area contributed by atoms with Crippen LogP contribution in [0.3, 0.4) is 0 Å². The van der Waals surface area contributed by atoms with Gasteiger partial charge in [0, 0.05) is 12.7 Å². The van der Waals surface area contributed by atoms with E-state index < -0.39 is 16.1 Å². The second-order valence-electron chi connectivity index (χ2n) is 2.63. The van der Waals surface area contributed by atoms with E-state index >= 15 is 0 Å². The molecule has 0 bridgehead atoms. The normalized spacial score (nSPS) is 14.3. The molecule has 7 heteroatoms. The van der Waals surface area contributed by atoms with Crippen LogP contribution >= 0.6 is 0 Å². The topological polar surface area (TPSA) is 95.1 Å². The predicted octanol–water partition coefficient (Wildman–Crippen LogP) is -0.931. The van der Waals surface area contributed by atoms with E-state index in [9.17, 15) is 8.42 Å². The number of rotatable bonds is 4. The van der Waals surface area contributed by atoms with Gasteiger partial charge < -0.3 is 5.11 Å². The minimum Gasteiger partial charge on any atom is -0.392 e. The van der Waals surface area contributed by atoms with E-state index in [1.165, 1.54) is 19.3 Å². The van der Waals surface area contributed by atoms with Crippen molar-refractivity contribution in [3.63, 3.8) is 0 Å². The third-order valence-corrected chi connectivity index (χ3v) is 2.74. The van der Waals surface area contributed by atoms with Crippen molar-refractivity contribution in [1.29, 1.82) is 0 Å². The van der Waals surface area contributed by atoms with Crippen molar-refractivity contribution in [2.75, 3.05) is 6.54 Å². The maximum atomic E-state index is 11.3. The molecule has 0 radical (unpaired) electrons. The Kier molecular flexibility index (Phi) is 3.02. The Morgan fingerprint density at radius 2 is 2.46 bits per heavy atom. The second-order valence-corrected chi connectivity index (χ2v) is 4.40. The Hall–Kier alpha value is -0.920. The number of hydrogen-bond acceptors (Lipinski definition) is 4. The predicted molar refractivity (Wildman–Crippen MR) is 45.5 cm³/mol. The van der Waals surface area contributed by atoms with Gasteiger partial charge >= 0.3 is 0 Å². The smallest absolute Gasteiger partial charge is 0.243 e. The summed E-state index contributed by atoms with van der Waals surface area (Å²) in [5.74, 6) is 0. The summed E-state index contributed by atoms with van der Waals surface area (Å²) >= 11 is 0. The lowest BCUT2D eigenvalue weighted by molar-refractivity contribution is 0.198. The lowest BCUT2D eigenvalue weighted by Gasteiger charge is -2.05. The first-order valence-corrected chi connectivity index (χ1v) is 5.17. The quantitative estimate of drug-likeness (QED) is 0.591. The Labute approximate surface area is 76.0 Å². The summed E-state index contributed by atoms with van der Waals surface area (Å²) in [6.07, 6.45) is 1.76. The number of aromatic amines is 1. The van der Waals surface area contributed by atoms with Crippen LogP contribution in [0.15, 0.2) is 17.3 Å². The van der Waals surface area contributed by atoms with Crippen LogP contribution in [0.5, 0.6) is 0 Å². The molecule has 0 amide bonds. The van der Waals surface area contributed by atoms with Crippen molar-refractivity contribution in [1.82, 2.24) is 14.9 Å². The Morgan fingerprint density at radius 1 is 1.77 bits per heavy atom. The minimum absolute atomic E-state index is 0.00644. The number of sulfonamides is 1. The average Bonchev–Trinajstić information content (AvgIpc) is 2.53. The van der Waals surface area contributed by atoms with Crippen molar-refractivity contribution in [3.05, 3.63) is 12.4 Å². The molecule has 1 aromatic heterocycles. The van der Waals surface area contributed by atoms with Crippen molar-refractivity contribution in [2.24, 2.45) is 0 Å². The molecule has 1 aromatic rings. The highest BCUT2D eigenvalue weighted by Crippen LogP contribution is 2.03. The summed E-state index contributed by atoms with van der Waals surface area (Å²) in [5.41, 5.74) is 0. The molecular weight excluding hydrogens is 194 g/mol. The number of aliphatic hydroxyl groups is 1. The van der Waals surface area contributed by atoms with Gasteiger partial charge in [-0.25, -0.2) is 13.1 Å². The third-order valence-electron chi connectivity index (χ3n) is 1.35. The van der Waals surface area contributed by atoms with E-state index in [0.717, 1.165) is 0 Å². The van der Waals surface area contributed by atoms with E-state index in [1.807, 2.05) is 0 Å². The molecule has 74 valence electrons. The fraction of sp³-hybridized carbons (Fsp3) is 0.500. The first-order valence-electron chi connectivity index (χ1n) is 3.69. The van der Waals surface area contributed by atoms with Crippen LogP contribution in [-0.4, -0.2) is 36.4 Å². The first kappa shape index (κ1) is 10.2. The molecule has 13 heavy (non-hydrogen) atoms. The van der Waals surface area contributed by atoms with Gasteiger partial charge in [0.2, 0.25) is 10.0 Å². The molecule has 0 aliphatic rings. The zero-order valence-electron chi connectivity index (χ0n) is 7.06. The number of aliphatic hydroxyl groups excluding tert-OH is 1. The molecule has 0 aliphatic carbocycles. The molecule has 0 fully saturated rings. The molecule has 1 heterocycles. The lowest BCUT2D eigenvalue weighted by atomic mass is 10.4. The van der Waals surface area contributed by atoms with E-state index in [0.29, 0.717) is 0 Å². The lowest BCUT2D eigenvalue weighted by Crippen LogP contribution is -2.30. The molecule has 0 aliphatic heterocycles. The summed E-state index contributed by atoms with van der Waals surface area (Å²) in [6, 6.07) is 0. The second kappa shape index (κ2) is 3.86.